The Balaban J connectivity index is 1.03. The van der Waals surface area contributed by atoms with Gasteiger partial charge in [-0.3, -0.25) is 0 Å². The van der Waals surface area contributed by atoms with Gasteiger partial charge in [0.1, 0.15) is 0 Å². The lowest BCUT2D eigenvalue weighted by atomic mass is 10.0. The van der Waals surface area contributed by atoms with Crippen molar-refractivity contribution in [2.75, 3.05) is 0 Å². The van der Waals surface area contributed by atoms with E-state index in [4.69, 9.17) is 15.0 Å². The Morgan fingerprint density at radius 3 is 1.29 bits per heavy atom. The van der Waals surface area contributed by atoms with E-state index in [1.165, 1.54) is 54.1 Å². The van der Waals surface area contributed by atoms with Crippen molar-refractivity contribution in [1.82, 2.24) is 24.1 Å². The second-order valence-corrected chi connectivity index (χ2v) is 14.9. The summed E-state index contributed by atoms with van der Waals surface area (Å²) in [6.07, 6.45) is 0. The van der Waals surface area contributed by atoms with E-state index >= 15 is 0 Å². The van der Waals surface area contributed by atoms with Crippen LogP contribution in [-0.4, -0.2) is 24.1 Å². The quantitative estimate of drug-likeness (QED) is 0.177. The van der Waals surface area contributed by atoms with Gasteiger partial charge in [0, 0.05) is 49.6 Å². The number of benzene rings is 9. The second kappa shape index (κ2) is 12.8. The second-order valence-electron chi connectivity index (χ2n) is 14.9. The Bertz CT molecular complexity index is 3450. The molecule has 9 aromatic carbocycles. The van der Waals surface area contributed by atoms with E-state index in [0.717, 1.165) is 39.1 Å². The third-order valence-electron chi connectivity index (χ3n) is 11.5. The summed E-state index contributed by atoms with van der Waals surface area (Å²) in [7, 11) is 0. The van der Waals surface area contributed by atoms with Crippen molar-refractivity contribution in [2.24, 2.45) is 0 Å². The van der Waals surface area contributed by atoms with Crippen LogP contribution in [0.5, 0.6) is 0 Å². The Hall–Kier alpha value is -7.89. The monoisotopic (exact) mass is 739 g/mol. The van der Waals surface area contributed by atoms with Gasteiger partial charge in [0.2, 0.25) is 0 Å². The molecule has 0 N–H and O–H groups in total. The number of para-hydroxylation sites is 2. The van der Waals surface area contributed by atoms with Crippen LogP contribution < -0.4 is 0 Å². The first-order valence-electron chi connectivity index (χ1n) is 19.6. The van der Waals surface area contributed by atoms with Gasteiger partial charge in [0.15, 0.2) is 17.5 Å². The molecule has 3 heterocycles. The van der Waals surface area contributed by atoms with Crippen LogP contribution in [0.1, 0.15) is 0 Å². The van der Waals surface area contributed by atoms with Crippen LogP contribution in [0.15, 0.2) is 200 Å². The molecule has 0 amide bonds. The van der Waals surface area contributed by atoms with Gasteiger partial charge in [-0.2, -0.15) is 0 Å². The SMILES string of the molecule is c1ccc(-c2nc(-c3ccc(-n4c5cc6ccccc6cc5c5cc6ccccc6cc54)cc3)nc(-c3ccc4c5ccccc5n(-c5ccccc5)c4c3)n2)cc1. The maximum atomic E-state index is 5.18. The van der Waals surface area contributed by atoms with Crippen molar-refractivity contribution in [1.29, 1.82) is 0 Å². The van der Waals surface area contributed by atoms with Crippen LogP contribution >= 0.6 is 0 Å². The highest BCUT2D eigenvalue weighted by Crippen LogP contribution is 2.38. The Morgan fingerprint density at radius 1 is 0.259 bits per heavy atom. The van der Waals surface area contributed by atoms with Crippen LogP contribution in [0, 0.1) is 0 Å². The van der Waals surface area contributed by atoms with Gasteiger partial charge >= 0.3 is 0 Å². The first kappa shape index (κ1) is 32.4. The third kappa shape index (κ3) is 5.14. The zero-order valence-corrected chi connectivity index (χ0v) is 31.3. The van der Waals surface area contributed by atoms with E-state index in [1.807, 2.05) is 18.2 Å². The molecule has 270 valence electrons. The highest BCUT2D eigenvalue weighted by Gasteiger charge is 2.18. The molecule has 0 saturated heterocycles. The minimum atomic E-state index is 0.623. The van der Waals surface area contributed by atoms with Gasteiger partial charge in [-0.25, -0.2) is 15.0 Å². The van der Waals surface area contributed by atoms with E-state index in [0.29, 0.717) is 17.5 Å². The summed E-state index contributed by atoms with van der Waals surface area (Å²) in [5, 5.41) is 9.77. The Morgan fingerprint density at radius 2 is 0.672 bits per heavy atom. The fourth-order valence-corrected chi connectivity index (χ4v) is 8.74. The van der Waals surface area contributed by atoms with E-state index in [9.17, 15) is 0 Å². The van der Waals surface area contributed by atoms with Crippen molar-refractivity contribution >= 4 is 65.2 Å². The number of hydrogen-bond donors (Lipinski definition) is 0. The minimum Gasteiger partial charge on any atom is -0.309 e. The zero-order valence-electron chi connectivity index (χ0n) is 31.3. The molecule has 0 saturated carbocycles. The summed E-state index contributed by atoms with van der Waals surface area (Å²) < 4.78 is 4.72. The first-order chi connectivity index (χ1) is 28.7. The smallest absolute Gasteiger partial charge is 0.164 e. The molecule has 5 nitrogen and oxygen atoms in total. The fraction of sp³-hybridized carbons (Fsp3) is 0. The summed E-state index contributed by atoms with van der Waals surface area (Å²) in [5.41, 5.74) is 9.57. The Kier molecular flexibility index (Phi) is 7.16. The van der Waals surface area contributed by atoms with Gasteiger partial charge in [0.05, 0.1) is 22.1 Å². The number of rotatable bonds is 5. The molecule has 0 spiro atoms. The third-order valence-corrected chi connectivity index (χ3v) is 11.5. The first-order valence-corrected chi connectivity index (χ1v) is 19.6. The van der Waals surface area contributed by atoms with Gasteiger partial charge in [-0.15, -0.1) is 0 Å². The molecule has 0 bridgehead atoms. The fourth-order valence-electron chi connectivity index (χ4n) is 8.74. The van der Waals surface area contributed by atoms with E-state index < -0.39 is 0 Å². The summed E-state index contributed by atoms with van der Waals surface area (Å²) in [6, 6.07) is 71.0. The van der Waals surface area contributed by atoms with Crippen LogP contribution in [-0.2, 0) is 0 Å². The molecule has 0 aliphatic carbocycles. The zero-order chi connectivity index (χ0) is 38.2. The van der Waals surface area contributed by atoms with E-state index in [-0.39, 0.29) is 0 Å². The van der Waals surface area contributed by atoms with Crippen LogP contribution in [0.25, 0.3) is 111 Å². The lowest BCUT2D eigenvalue weighted by Crippen LogP contribution is -2.01. The van der Waals surface area contributed by atoms with Crippen LogP contribution in [0.4, 0.5) is 0 Å². The summed E-state index contributed by atoms with van der Waals surface area (Å²) in [5.74, 6) is 1.88. The summed E-state index contributed by atoms with van der Waals surface area (Å²) in [4.78, 5) is 15.4. The van der Waals surface area contributed by atoms with Crippen LogP contribution in [0.2, 0.25) is 0 Å². The molecule has 12 aromatic rings. The summed E-state index contributed by atoms with van der Waals surface area (Å²) in [6.45, 7) is 0. The normalized spacial score (nSPS) is 11.8. The van der Waals surface area contributed by atoms with Gasteiger partial charge in [-0.05, 0) is 94.3 Å². The average Bonchev–Trinajstić information content (AvgIpc) is 3.79. The minimum absolute atomic E-state index is 0.623. The molecule has 12 rings (SSSR count). The molecule has 0 unspecified atom stereocenters. The highest BCUT2D eigenvalue weighted by molar-refractivity contribution is 6.17. The molecular weight excluding hydrogens is 707 g/mol. The lowest BCUT2D eigenvalue weighted by Gasteiger charge is -2.12. The van der Waals surface area contributed by atoms with Crippen molar-refractivity contribution in [3.63, 3.8) is 0 Å². The largest absolute Gasteiger partial charge is 0.309 e. The molecule has 3 aromatic heterocycles. The van der Waals surface area contributed by atoms with Crippen molar-refractivity contribution in [3.05, 3.63) is 200 Å². The molecular formula is C53H33N5. The molecule has 0 aliphatic rings. The lowest BCUT2D eigenvalue weighted by molar-refractivity contribution is 1.07. The molecule has 0 atom stereocenters. The standard InChI is InChI=1S/C53H33N5/c1-3-13-34(14-4-1)51-54-52(56-53(55-51)40-25-28-44-43-21-11-12-22-47(43)57(48(44)33-40)41-19-5-2-6-20-41)35-23-26-42(27-24-35)58-49-31-38-17-9-7-15-36(38)29-45(49)46-30-37-16-8-10-18-39(37)32-50(46)58/h1-33H. The predicted octanol–water partition coefficient (Wildman–Crippen LogP) is 13.4. The average molecular weight is 740 g/mol. The number of fused-ring (bicyclic) bond motifs is 8. The maximum absolute atomic E-state index is 5.18. The van der Waals surface area contributed by atoms with Gasteiger partial charge in [-0.1, -0.05) is 127 Å². The van der Waals surface area contributed by atoms with Crippen molar-refractivity contribution < 1.29 is 0 Å². The Labute approximate surface area is 333 Å². The number of hydrogen-bond acceptors (Lipinski definition) is 3. The highest BCUT2D eigenvalue weighted by atomic mass is 15.0. The number of aromatic nitrogens is 5. The van der Waals surface area contributed by atoms with Crippen LogP contribution in [0.3, 0.4) is 0 Å². The molecule has 0 aliphatic heterocycles. The predicted molar refractivity (Wildman–Crippen MR) is 240 cm³/mol. The van der Waals surface area contributed by atoms with E-state index in [2.05, 4.69) is 191 Å². The summed E-state index contributed by atoms with van der Waals surface area (Å²) >= 11 is 0. The van der Waals surface area contributed by atoms with E-state index in [1.54, 1.807) is 0 Å². The van der Waals surface area contributed by atoms with Crippen molar-refractivity contribution in [2.45, 2.75) is 0 Å². The molecule has 0 fully saturated rings. The topological polar surface area (TPSA) is 48.5 Å². The van der Waals surface area contributed by atoms with Gasteiger partial charge < -0.3 is 9.13 Å². The molecule has 58 heavy (non-hydrogen) atoms. The molecule has 5 heteroatoms. The van der Waals surface area contributed by atoms with Gasteiger partial charge in [0.25, 0.3) is 0 Å². The maximum Gasteiger partial charge on any atom is 0.164 e. The molecule has 0 radical (unpaired) electrons. The van der Waals surface area contributed by atoms with Crippen molar-refractivity contribution in [3.8, 4) is 45.5 Å². The number of nitrogens with zero attached hydrogens (tertiary/aromatic N) is 5.